The molecule has 1 unspecified atom stereocenters. The molecule has 3 heteroatoms. The molecule has 0 saturated carbocycles. The molecule has 2 aromatic rings. The maximum atomic E-state index is 13.3. The number of rotatable bonds is 4. The Balaban J connectivity index is 2.04. The van der Waals surface area contributed by atoms with Crippen molar-refractivity contribution in [2.75, 3.05) is 6.61 Å². The van der Waals surface area contributed by atoms with E-state index >= 15 is 0 Å². The van der Waals surface area contributed by atoms with E-state index in [2.05, 4.69) is 0 Å². The third-order valence-electron chi connectivity index (χ3n) is 2.77. The van der Waals surface area contributed by atoms with Crippen LogP contribution in [-0.2, 0) is 0 Å². The van der Waals surface area contributed by atoms with E-state index in [-0.39, 0.29) is 18.3 Å². The maximum absolute atomic E-state index is 13.3. The van der Waals surface area contributed by atoms with Crippen LogP contribution in [0.5, 0.6) is 5.75 Å². The van der Waals surface area contributed by atoms with Crippen molar-refractivity contribution in [2.24, 2.45) is 0 Å². The maximum Gasteiger partial charge on any atom is 0.190 e. The van der Waals surface area contributed by atoms with E-state index in [1.54, 1.807) is 0 Å². The van der Waals surface area contributed by atoms with Crippen molar-refractivity contribution in [3.05, 3.63) is 65.7 Å². The van der Waals surface area contributed by atoms with Gasteiger partial charge in [-0.05, 0) is 17.7 Å². The van der Waals surface area contributed by atoms with Gasteiger partial charge in [0.1, 0.15) is 0 Å². The number of ether oxygens (including phenoxy) is 1. The average molecular weight is 248 g/mol. The monoisotopic (exact) mass is 248 g/mol. The molecule has 94 valence electrons. The Hall–Kier alpha value is -1.90. The summed E-state index contributed by atoms with van der Waals surface area (Å²) in [5, 5.41) is 0. The zero-order chi connectivity index (χ0) is 13.0. The first-order valence-electron chi connectivity index (χ1n) is 5.80. The normalized spacial score (nSPS) is 12.2. The zero-order valence-corrected chi connectivity index (χ0v) is 10.1. The Morgan fingerprint density at radius 1 is 0.944 bits per heavy atom. The summed E-state index contributed by atoms with van der Waals surface area (Å²) in [6.45, 7) is 2.19. The van der Waals surface area contributed by atoms with Gasteiger partial charge in [0, 0.05) is 5.92 Å². The highest BCUT2D eigenvalue weighted by molar-refractivity contribution is 5.26. The third-order valence-corrected chi connectivity index (χ3v) is 2.77. The molecule has 0 saturated heterocycles. The molecule has 0 aromatic heterocycles. The molecule has 0 N–H and O–H groups in total. The zero-order valence-electron chi connectivity index (χ0n) is 10.1. The van der Waals surface area contributed by atoms with E-state index in [1.807, 2.05) is 37.3 Å². The van der Waals surface area contributed by atoms with Gasteiger partial charge in [-0.3, -0.25) is 0 Å². The molecule has 0 radical (unpaired) electrons. The Kier molecular flexibility index (Phi) is 3.92. The number of para-hydroxylation sites is 1. The standard InChI is InChI=1S/C15H14F2O/c1-11(12-6-3-2-4-7-12)10-18-15-13(16)8-5-9-14(15)17/h2-9,11H,10H2,1H3. The minimum absolute atomic E-state index is 0.0743. The number of hydrogen-bond donors (Lipinski definition) is 0. The molecule has 0 aliphatic heterocycles. The van der Waals surface area contributed by atoms with Gasteiger partial charge in [-0.25, -0.2) is 8.78 Å². The van der Waals surface area contributed by atoms with Gasteiger partial charge in [0.2, 0.25) is 0 Å². The highest BCUT2D eigenvalue weighted by Crippen LogP contribution is 2.23. The Bertz CT molecular complexity index is 491. The largest absolute Gasteiger partial charge is 0.487 e. The van der Waals surface area contributed by atoms with Crippen LogP contribution in [0, 0.1) is 11.6 Å². The van der Waals surface area contributed by atoms with Crippen molar-refractivity contribution >= 4 is 0 Å². The molecule has 0 heterocycles. The summed E-state index contributed by atoms with van der Waals surface area (Å²) < 4.78 is 31.9. The van der Waals surface area contributed by atoms with Gasteiger partial charge in [-0.2, -0.15) is 0 Å². The molecule has 1 nitrogen and oxygen atoms in total. The second-order valence-electron chi connectivity index (χ2n) is 4.17. The minimum Gasteiger partial charge on any atom is -0.487 e. The molecule has 0 spiro atoms. The van der Waals surface area contributed by atoms with E-state index in [1.165, 1.54) is 18.2 Å². The lowest BCUT2D eigenvalue weighted by molar-refractivity contribution is 0.267. The first kappa shape index (κ1) is 12.6. The molecule has 0 bridgehead atoms. The highest BCUT2D eigenvalue weighted by atomic mass is 19.1. The summed E-state index contributed by atoms with van der Waals surface area (Å²) in [4.78, 5) is 0. The van der Waals surface area contributed by atoms with E-state index in [0.717, 1.165) is 5.56 Å². The van der Waals surface area contributed by atoms with Crippen molar-refractivity contribution in [1.29, 1.82) is 0 Å². The van der Waals surface area contributed by atoms with Crippen LogP contribution < -0.4 is 4.74 Å². The third kappa shape index (κ3) is 2.86. The fraction of sp³-hybridized carbons (Fsp3) is 0.200. The lowest BCUT2D eigenvalue weighted by Gasteiger charge is -2.14. The Morgan fingerprint density at radius 2 is 1.56 bits per heavy atom. The van der Waals surface area contributed by atoms with Crippen molar-refractivity contribution in [1.82, 2.24) is 0 Å². The topological polar surface area (TPSA) is 9.23 Å². The van der Waals surface area contributed by atoms with Crippen LogP contribution >= 0.6 is 0 Å². The quantitative estimate of drug-likeness (QED) is 0.789. The molecule has 0 aliphatic carbocycles. The van der Waals surface area contributed by atoms with Gasteiger partial charge in [0.25, 0.3) is 0 Å². The van der Waals surface area contributed by atoms with Crippen molar-refractivity contribution in [3.63, 3.8) is 0 Å². The summed E-state index contributed by atoms with van der Waals surface area (Å²) in [6, 6.07) is 13.4. The van der Waals surface area contributed by atoms with Crippen LogP contribution in [0.3, 0.4) is 0 Å². The van der Waals surface area contributed by atoms with Crippen molar-refractivity contribution < 1.29 is 13.5 Å². The van der Waals surface area contributed by atoms with Gasteiger partial charge in [-0.1, -0.05) is 43.3 Å². The summed E-state index contributed by atoms with van der Waals surface area (Å²) in [5.41, 5.74) is 1.08. The van der Waals surface area contributed by atoms with Crippen LogP contribution in [0.4, 0.5) is 8.78 Å². The van der Waals surface area contributed by atoms with Gasteiger partial charge in [-0.15, -0.1) is 0 Å². The number of benzene rings is 2. The molecule has 0 aliphatic rings. The van der Waals surface area contributed by atoms with Crippen LogP contribution in [0.25, 0.3) is 0 Å². The molecular weight excluding hydrogens is 234 g/mol. The van der Waals surface area contributed by atoms with Crippen LogP contribution in [0.1, 0.15) is 18.4 Å². The lowest BCUT2D eigenvalue weighted by atomic mass is 10.0. The molecule has 0 fully saturated rings. The fourth-order valence-electron chi connectivity index (χ4n) is 1.71. The molecule has 2 aromatic carbocycles. The first-order chi connectivity index (χ1) is 8.68. The predicted molar refractivity (Wildman–Crippen MR) is 66.7 cm³/mol. The van der Waals surface area contributed by atoms with E-state index in [4.69, 9.17) is 4.74 Å². The average Bonchev–Trinajstić information content (AvgIpc) is 2.39. The molecular formula is C15H14F2O. The number of hydrogen-bond acceptors (Lipinski definition) is 1. The summed E-state index contributed by atoms with van der Waals surface area (Å²) in [5.74, 6) is -1.57. The SMILES string of the molecule is CC(COc1c(F)cccc1F)c1ccccc1. The van der Waals surface area contributed by atoms with Crippen LogP contribution in [0.15, 0.2) is 48.5 Å². The van der Waals surface area contributed by atoms with Crippen molar-refractivity contribution in [3.8, 4) is 5.75 Å². The summed E-state index contributed by atoms with van der Waals surface area (Å²) >= 11 is 0. The number of halogens is 2. The van der Waals surface area contributed by atoms with E-state index in [0.29, 0.717) is 0 Å². The van der Waals surface area contributed by atoms with E-state index < -0.39 is 11.6 Å². The lowest BCUT2D eigenvalue weighted by Crippen LogP contribution is -2.08. The molecule has 0 amide bonds. The second-order valence-corrected chi connectivity index (χ2v) is 4.17. The minimum atomic E-state index is -0.671. The van der Waals surface area contributed by atoms with Gasteiger partial charge < -0.3 is 4.74 Å². The summed E-state index contributed by atoms with van der Waals surface area (Å²) in [7, 11) is 0. The molecule has 1 atom stereocenters. The predicted octanol–water partition coefficient (Wildman–Crippen LogP) is 4.15. The second kappa shape index (κ2) is 5.63. The Labute approximate surface area is 105 Å². The van der Waals surface area contributed by atoms with Gasteiger partial charge in [0.15, 0.2) is 17.4 Å². The Morgan fingerprint density at radius 3 is 2.17 bits per heavy atom. The van der Waals surface area contributed by atoms with Crippen LogP contribution in [-0.4, -0.2) is 6.61 Å². The summed E-state index contributed by atoms with van der Waals surface area (Å²) in [6.07, 6.45) is 0. The molecule has 2 rings (SSSR count). The highest BCUT2D eigenvalue weighted by Gasteiger charge is 2.12. The molecule has 18 heavy (non-hydrogen) atoms. The van der Waals surface area contributed by atoms with Crippen molar-refractivity contribution in [2.45, 2.75) is 12.8 Å². The first-order valence-corrected chi connectivity index (χ1v) is 5.80. The smallest absolute Gasteiger partial charge is 0.190 e. The van der Waals surface area contributed by atoms with Gasteiger partial charge in [0.05, 0.1) is 6.61 Å². The fourth-order valence-corrected chi connectivity index (χ4v) is 1.71. The van der Waals surface area contributed by atoms with Gasteiger partial charge >= 0.3 is 0 Å². The van der Waals surface area contributed by atoms with E-state index in [9.17, 15) is 8.78 Å². The van der Waals surface area contributed by atoms with Crippen LogP contribution in [0.2, 0.25) is 0 Å².